The van der Waals surface area contributed by atoms with Crippen molar-refractivity contribution in [2.24, 2.45) is 0 Å². The van der Waals surface area contributed by atoms with Crippen LogP contribution in [0.3, 0.4) is 0 Å². The highest BCUT2D eigenvalue weighted by atomic mass is 35.5. The molecule has 7 heteroatoms. The number of methoxy groups -OCH3 is 1. The first-order valence-electron chi connectivity index (χ1n) is 9.13. The third kappa shape index (κ3) is 4.44. The third-order valence-electron chi connectivity index (χ3n) is 4.81. The number of halogens is 1. The van der Waals surface area contributed by atoms with E-state index in [0.717, 1.165) is 16.9 Å². The van der Waals surface area contributed by atoms with Crippen molar-refractivity contribution >= 4 is 28.5 Å². The van der Waals surface area contributed by atoms with Crippen molar-refractivity contribution in [2.75, 3.05) is 27.7 Å². The van der Waals surface area contributed by atoms with Gasteiger partial charge in [0, 0.05) is 23.2 Å². The number of hydrogen-bond acceptors (Lipinski definition) is 5. The van der Waals surface area contributed by atoms with Gasteiger partial charge in [0.05, 0.1) is 18.5 Å². The summed E-state index contributed by atoms with van der Waals surface area (Å²) in [6, 6.07) is 11.9. The van der Waals surface area contributed by atoms with Gasteiger partial charge in [-0.2, -0.15) is 0 Å². The Morgan fingerprint density at radius 1 is 1.24 bits per heavy atom. The number of aryl methyl sites for hydroxylation is 1. The second-order valence-corrected chi connectivity index (χ2v) is 7.41. The number of likely N-dealkylation sites (N-methyl/N-ethyl adjacent to an activating group) is 1. The monoisotopic (exact) mass is 414 g/mol. The number of carbonyl (C=O) groups excluding carboxylic acids is 1. The molecule has 6 nitrogen and oxygen atoms in total. The first kappa shape index (κ1) is 20.9. The van der Waals surface area contributed by atoms with Crippen LogP contribution in [0.25, 0.3) is 11.0 Å². The number of para-hydroxylation sites is 1. The van der Waals surface area contributed by atoms with Gasteiger partial charge >= 0.3 is 0 Å². The highest BCUT2D eigenvalue weighted by Gasteiger charge is 2.20. The molecular weight excluding hydrogens is 392 g/mol. The molecule has 0 radical (unpaired) electrons. The molecule has 3 rings (SSSR count). The predicted octanol–water partition coefficient (Wildman–Crippen LogP) is 3.80. The molecule has 0 aliphatic carbocycles. The van der Waals surface area contributed by atoms with E-state index >= 15 is 0 Å². The fraction of sp³-hybridized carbons (Fsp3) is 0.273. The van der Waals surface area contributed by atoms with E-state index in [1.54, 1.807) is 19.2 Å². The van der Waals surface area contributed by atoms with Crippen LogP contribution >= 0.6 is 11.6 Å². The van der Waals surface area contributed by atoms with Crippen molar-refractivity contribution in [3.63, 3.8) is 0 Å². The largest absolute Gasteiger partial charge is 0.496 e. The lowest BCUT2D eigenvalue weighted by atomic mass is 10.0. The van der Waals surface area contributed by atoms with Crippen LogP contribution < -0.4 is 15.5 Å². The van der Waals surface area contributed by atoms with E-state index in [1.165, 1.54) is 6.07 Å². The number of benzene rings is 2. The number of fused-ring (bicyclic) bond motifs is 1. The van der Waals surface area contributed by atoms with Gasteiger partial charge in [0.15, 0.2) is 11.2 Å². The summed E-state index contributed by atoms with van der Waals surface area (Å²) in [5.41, 5.74) is 1.74. The maximum absolute atomic E-state index is 12.7. The van der Waals surface area contributed by atoms with E-state index in [-0.39, 0.29) is 17.2 Å². The van der Waals surface area contributed by atoms with Gasteiger partial charge in [0.1, 0.15) is 11.3 Å². The van der Waals surface area contributed by atoms with Gasteiger partial charge in [-0.15, -0.1) is 0 Å². The lowest BCUT2D eigenvalue weighted by molar-refractivity contribution is 0.0914. The van der Waals surface area contributed by atoms with E-state index in [4.69, 9.17) is 20.8 Å². The minimum atomic E-state index is -0.460. The Morgan fingerprint density at radius 3 is 2.66 bits per heavy atom. The molecule has 1 N–H and O–H groups in total. The summed E-state index contributed by atoms with van der Waals surface area (Å²) in [6.07, 6.45) is 0. The Bertz CT molecular complexity index is 1110. The zero-order chi connectivity index (χ0) is 21.1. The average Bonchev–Trinajstić information content (AvgIpc) is 2.69. The van der Waals surface area contributed by atoms with Gasteiger partial charge in [-0.25, -0.2) is 0 Å². The highest BCUT2D eigenvalue weighted by Crippen LogP contribution is 2.27. The number of carbonyl (C=O) groups is 1. The molecule has 0 spiro atoms. The van der Waals surface area contributed by atoms with E-state index in [2.05, 4.69) is 5.32 Å². The fourth-order valence-corrected chi connectivity index (χ4v) is 3.34. The van der Waals surface area contributed by atoms with E-state index in [0.29, 0.717) is 22.5 Å². The summed E-state index contributed by atoms with van der Waals surface area (Å²) in [7, 11) is 5.46. The summed E-state index contributed by atoms with van der Waals surface area (Å²) >= 11 is 6.08. The van der Waals surface area contributed by atoms with Crippen LogP contribution in [0.2, 0.25) is 5.02 Å². The molecule has 0 aliphatic rings. The molecule has 0 saturated carbocycles. The average molecular weight is 415 g/mol. The van der Waals surface area contributed by atoms with Gasteiger partial charge in [-0.05, 0) is 44.8 Å². The molecule has 0 bridgehead atoms. The van der Waals surface area contributed by atoms with Crippen molar-refractivity contribution in [2.45, 2.75) is 13.0 Å². The first-order chi connectivity index (χ1) is 13.8. The van der Waals surface area contributed by atoms with Gasteiger partial charge in [0.2, 0.25) is 0 Å². The topological polar surface area (TPSA) is 71.8 Å². The Hall–Kier alpha value is -2.83. The van der Waals surface area contributed by atoms with Crippen molar-refractivity contribution in [3.05, 3.63) is 74.6 Å². The Labute approximate surface area is 174 Å². The zero-order valence-electron chi connectivity index (χ0n) is 16.8. The molecular formula is C22H23ClN2O4. The number of nitrogens with zero attached hydrogens (tertiary/aromatic N) is 1. The van der Waals surface area contributed by atoms with Gasteiger partial charge in [0.25, 0.3) is 5.91 Å². The molecule has 0 fully saturated rings. The van der Waals surface area contributed by atoms with Crippen molar-refractivity contribution in [1.29, 1.82) is 0 Å². The van der Waals surface area contributed by atoms with Crippen molar-refractivity contribution < 1.29 is 13.9 Å². The third-order valence-corrected chi connectivity index (χ3v) is 5.22. The lowest BCUT2D eigenvalue weighted by Crippen LogP contribution is -2.35. The lowest BCUT2D eigenvalue weighted by Gasteiger charge is -2.26. The SMILES string of the molecule is COc1ccccc1C(CNC(=O)c1cc(=O)c2cc(Cl)c(C)cc2o1)N(C)C. The van der Waals surface area contributed by atoms with Crippen LogP contribution in [0.4, 0.5) is 0 Å². The molecule has 152 valence electrons. The molecule has 3 aromatic rings. The predicted molar refractivity (Wildman–Crippen MR) is 114 cm³/mol. The standard InChI is InChI=1S/C22H23ClN2O4/c1-13-9-20-15(10-16(13)23)18(26)11-21(29-20)22(27)24-12-17(25(2)3)14-7-5-6-8-19(14)28-4/h5-11,17H,12H2,1-4H3,(H,24,27). The number of rotatable bonds is 6. The van der Waals surface area contributed by atoms with E-state index < -0.39 is 5.91 Å². The maximum Gasteiger partial charge on any atom is 0.287 e. The second-order valence-electron chi connectivity index (χ2n) is 7.00. The van der Waals surface area contributed by atoms with Crippen LogP contribution in [-0.2, 0) is 0 Å². The summed E-state index contributed by atoms with van der Waals surface area (Å²) < 4.78 is 11.1. The molecule has 1 heterocycles. The molecule has 1 amide bonds. The molecule has 0 aliphatic heterocycles. The number of nitrogens with one attached hydrogen (secondary N) is 1. The molecule has 1 atom stereocenters. The minimum Gasteiger partial charge on any atom is -0.496 e. The number of amides is 1. The van der Waals surface area contributed by atoms with Gasteiger partial charge in [-0.1, -0.05) is 29.8 Å². The minimum absolute atomic E-state index is 0.0400. The summed E-state index contributed by atoms with van der Waals surface area (Å²) in [5.74, 6) is 0.241. The summed E-state index contributed by atoms with van der Waals surface area (Å²) in [4.78, 5) is 27.1. The smallest absolute Gasteiger partial charge is 0.287 e. The van der Waals surface area contributed by atoms with Crippen LogP contribution in [0.5, 0.6) is 5.75 Å². The Morgan fingerprint density at radius 2 is 1.97 bits per heavy atom. The quantitative estimate of drug-likeness (QED) is 0.664. The second kappa shape index (κ2) is 8.68. The molecule has 1 unspecified atom stereocenters. The van der Waals surface area contributed by atoms with Gasteiger partial charge < -0.3 is 19.4 Å². The van der Waals surface area contributed by atoms with Gasteiger partial charge in [-0.3, -0.25) is 9.59 Å². The fourth-order valence-electron chi connectivity index (χ4n) is 3.18. The molecule has 1 aromatic heterocycles. The highest BCUT2D eigenvalue weighted by molar-refractivity contribution is 6.32. The Balaban J connectivity index is 1.85. The van der Waals surface area contributed by atoms with Crippen LogP contribution in [0, 0.1) is 6.92 Å². The van der Waals surface area contributed by atoms with Crippen molar-refractivity contribution in [1.82, 2.24) is 10.2 Å². The molecule has 2 aromatic carbocycles. The van der Waals surface area contributed by atoms with Crippen LogP contribution in [0.15, 0.2) is 51.7 Å². The van der Waals surface area contributed by atoms with Crippen molar-refractivity contribution in [3.8, 4) is 5.75 Å². The first-order valence-corrected chi connectivity index (χ1v) is 9.51. The normalized spacial score (nSPS) is 12.2. The van der Waals surface area contributed by atoms with E-state index in [9.17, 15) is 9.59 Å². The zero-order valence-corrected chi connectivity index (χ0v) is 17.5. The van der Waals surface area contributed by atoms with E-state index in [1.807, 2.05) is 50.2 Å². The summed E-state index contributed by atoms with van der Waals surface area (Å²) in [5, 5.41) is 3.68. The maximum atomic E-state index is 12.7. The Kier molecular flexibility index (Phi) is 6.25. The molecule has 29 heavy (non-hydrogen) atoms. The van der Waals surface area contributed by atoms with Crippen LogP contribution in [0.1, 0.15) is 27.7 Å². The van der Waals surface area contributed by atoms with Crippen LogP contribution in [-0.4, -0.2) is 38.6 Å². The summed E-state index contributed by atoms with van der Waals surface area (Å²) in [6.45, 7) is 2.12. The molecule has 0 saturated heterocycles. The number of hydrogen-bond donors (Lipinski definition) is 1. The number of ether oxygens (including phenoxy) is 1.